The number of benzene rings is 7. The van der Waals surface area contributed by atoms with Crippen LogP contribution in [-0.2, 0) is 0 Å². The molecule has 45 heavy (non-hydrogen) atoms. The SMILES string of the molecule is c1ccc2cc3c(cc2c1)sc1c2cc4ccc(-c5ccc(-c6ccc(-c7cc8ccccc8o7)cc6)cc5)cc4cc2sc31. The first-order valence-corrected chi connectivity index (χ1v) is 16.8. The third kappa shape index (κ3) is 4.05. The van der Waals surface area contributed by atoms with Crippen LogP contribution in [0.4, 0.5) is 0 Å². The van der Waals surface area contributed by atoms with E-state index in [1.165, 1.54) is 73.4 Å². The molecule has 0 atom stereocenters. The van der Waals surface area contributed by atoms with Crippen LogP contribution in [0.15, 0.2) is 150 Å². The fraction of sp³-hybridized carbons (Fsp3) is 0. The predicted molar refractivity (Wildman–Crippen MR) is 196 cm³/mol. The highest BCUT2D eigenvalue weighted by molar-refractivity contribution is 7.36. The van der Waals surface area contributed by atoms with Gasteiger partial charge in [0, 0.05) is 31.1 Å². The van der Waals surface area contributed by atoms with Gasteiger partial charge in [-0.05, 0) is 86.3 Å². The quantitative estimate of drug-likeness (QED) is 0.194. The number of para-hydroxylation sites is 1. The van der Waals surface area contributed by atoms with Gasteiger partial charge in [-0.15, -0.1) is 22.7 Å². The van der Waals surface area contributed by atoms with Gasteiger partial charge in [0.15, 0.2) is 0 Å². The molecule has 0 radical (unpaired) electrons. The molecule has 210 valence electrons. The van der Waals surface area contributed by atoms with Gasteiger partial charge in [0.05, 0.1) is 9.40 Å². The molecular formula is C42H24OS2. The van der Waals surface area contributed by atoms with Gasteiger partial charge in [0.1, 0.15) is 11.3 Å². The Labute approximate surface area is 267 Å². The standard InChI is InChI=1S/C42H24OS2/c1-2-6-30-23-39-35(20-29(30)5-1)41-42(44-39)36-21-32-18-17-31(19-34(32)24-40(36)45-41)27-11-9-25(10-12-27)26-13-15-28(16-14-26)38-22-33-7-3-4-8-37(33)43-38/h1-24H. The van der Waals surface area contributed by atoms with E-state index in [0.717, 1.165) is 22.3 Å². The summed E-state index contributed by atoms with van der Waals surface area (Å²) in [5.41, 5.74) is 6.87. The van der Waals surface area contributed by atoms with Crippen molar-refractivity contribution in [2.45, 2.75) is 0 Å². The van der Waals surface area contributed by atoms with Gasteiger partial charge in [-0.2, -0.15) is 0 Å². The molecule has 0 spiro atoms. The summed E-state index contributed by atoms with van der Waals surface area (Å²) >= 11 is 3.85. The van der Waals surface area contributed by atoms with Crippen LogP contribution < -0.4 is 0 Å². The monoisotopic (exact) mass is 608 g/mol. The van der Waals surface area contributed by atoms with Crippen LogP contribution in [0.3, 0.4) is 0 Å². The molecule has 3 heterocycles. The highest BCUT2D eigenvalue weighted by Crippen LogP contribution is 2.46. The van der Waals surface area contributed by atoms with Gasteiger partial charge in [0.25, 0.3) is 0 Å². The van der Waals surface area contributed by atoms with Crippen LogP contribution >= 0.6 is 22.7 Å². The molecule has 0 amide bonds. The van der Waals surface area contributed by atoms with E-state index in [0.29, 0.717) is 0 Å². The van der Waals surface area contributed by atoms with Gasteiger partial charge in [0.2, 0.25) is 0 Å². The van der Waals surface area contributed by atoms with Crippen LogP contribution in [0.5, 0.6) is 0 Å². The fourth-order valence-corrected chi connectivity index (χ4v) is 9.37. The minimum atomic E-state index is 0.899. The summed E-state index contributed by atoms with van der Waals surface area (Å²) in [6.45, 7) is 0. The lowest BCUT2D eigenvalue weighted by Gasteiger charge is -2.08. The topological polar surface area (TPSA) is 13.1 Å². The first kappa shape index (κ1) is 25.1. The highest BCUT2D eigenvalue weighted by atomic mass is 32.1. The molecule has 0 saturated heterocycles. The molecule has 7 aromatic carbocycles. The number of rotatable bonds is 3. The molecule has 1 nitrogen and oxygen atoms in total. The zero-order chi connectivity index (χ0) is 29.5. The lowest BCUT2D eigenvalue weighted by molar-refractivity contribution is 0.631. The van der Waals surface area contributed by atoms with E-state index in [-0.39, 0.29) is 0 Å². The average Bonchev–Trinajstić information content (AvgIpc) is 3.78. The molecule has 10 rings (SSSR count). The van der Waals surface area contributed by atoms with Crippen molar-refractivity contribution in [1.29, 1.82) is 0 Å². The van der Waals surface area contributed by atoms with Gasteiger partial charge in [-0.25, -0.2) is 0 Å². The summed E-state index contributed by atoms with van der Waals surface area (Å²) in [6, 6.07) is 52.9. The van der Waals surface area contributed by atoms with E-state index in [9.17, 15) is 0 Å². The third-order valence-corrected chi connectivity index (χ3v) is 11.6. The van der Waals surface area contributed by atoms with Crippen molar-refractivity contribution >= 4 is 84.8 Å². The average molecular weight is 609 g/mol. The Morgan fingerprint density at radius 2 is 0.844 bits per heavy atom. The smallest absolute Gasteiger partial charge is 0.135 e. The molecular weight excluding hydrogens is 585 g/mol. The van der Waals surface area contributed by atoms with E-state index in [4.69, 9.17) is 4.42 Å². The summed E-state index contributed by atoms with van der Waals surface area (Å²) in [6.07, 6.45) is 0. The van der Waals surface area contributed by atoms with Crippen LogP contribution in [0.2, 0.25) is 0 Å². The summed E-state index contributed by atoms with van der Waals surface area (Å²) in [4.78, 5) is 0. The molecule has 0 aliphatic carbocycles. The van der Waals surface area contributed by atoms with Gasteiger partial charge in [-0.1, -0.05) is 103 Å². The Bertz CT molecular complexity index is 2710. The van der Waals surface area contributed by atoms with E-state index in [1.807, 2.05) is 40.9 Å². The third-order valence-electron chi connectivity index (χ3n) is 9.05. The second-order valence-corrected chi connectivity index (χ2v) is 13.9. The van der Waals surface area contributed by atoms with E-state index < -0.39 is 0 Å². The molecule has 3 aromatic heterocycles. The first-order valence-electron chi connectivity index (χ1n) is 15.1. The molecule has 0 bridgehead atoms. The number of hydrogen-bond donors (Lipinski definition) is 0. The maximum absolute atomic E-state index is 6.06. The zero-order valence-electron chi connectivity index (χ0n) is 24.1. The molecule has 0 unspecified atom stereocenters. The molecule has 0 saturated carbocycles. The van der Waals surface area contributed by atoms with Crippen LogP contribution in [0.1, 0.15) is 0 Å². The fourth-order valence-electron chi connectivity index (χ4n) is 6.67. The number of thiophene rings is 2. The van der Waals surface area contributed by atoms with E-state index >= 15 is 0 Å². The predicted octanol–water partition coefficient (Wildman–Crippen LogP) is 13.3. The maximum Gasteiger partial charge on any atom is 0.135 e. The van der Waals surface area contributed by atoms with E-state index in [1.54, 1.807) is 0 Å². The van der Waals surface area contributed by atoms with Crippen molar-refractivity contribution in [2.24, 2.45) is 0 Å². The number of furan rings is 1. The van der Waals surface area contributed by atoms with Crippen LogP contribution in [0.25, 0.3) is 95.7 Å². The Morgan fingerprint density at radius 1 is 0.356 bits per heavy atom. The Kier molecular flexibility index (Phi) is 5.39. The van der Waals surface area contributed by atoms with Crippen molar-refractivity contribution in [3.05, 3.63) is 146 Å². The van der Waals surface area contributed by atoms with Crippen molar-refractivity contribution in [3.8, 4) is 33.6 Å². The second kappa shape index (κ2) is 9.64. The second-order valence-electron chi connectivity index (χ2n) is 11.8. The van der Waals surface area contributed by atoms with Crippen LogP contribution in [0, 0.1) is 0 Å². The van der Waals surface area contributed by atoms with Crippen molar-refractivity contribution < 1.29 is 4.42 Å². The van der Waals surface area contributed by atoms with E-state index in [2.05, 4.69) is 127 Å². The van der Waals surface area contributed by atoms with Crippen molar-refractivity contribution in [1.82, 2.24) is 0 Å². The van der Waals surface area contributed by atoms with Crippen molar-refractivity contribution in [3.63, 3.8) is 0 Å². The minimum absolute atomic E-state index is 0.899. The zero-order valence-corrected chi connectivity index (χ0v) is 25.7. The van der Waals surface area contributed by atoms with Gasteiger partial charge < -0.3 is 4.42 Å². The molecule has 0 fully saturated rings. The number of fused-ring (bicyclic) bond motifs is 8. The summed E-state index contributed by atoms with van der Waals surface area (Å²) in [7, 11) is 0. The Balaban J connectivity index is 0.972. The van der Waals surface area contributed by atoms with Gasteiger partial charge >= 0.3 is 0 Å². The molecule has 0 N–H and O–H groups in total. The Hall–Kier alpha value is -5.22. The highest BCUT2D eigenvalue weighted by Gasteiger charge is 2.14. The summed E-state index contributed by atoms with van der Waals surface area (Å²) in [5, 5.41) is 9.07. The molecule has 3 heteroatoms. The van der Waals surface area contributed by atoms with Crippen molar-refractivity contribution in [2.75, 3.05) is 0 Å². The number of hydrogen-bond acceptors (Lipinski definition) is 3. The largest absolute Gasteiger partial charge is 0.456 e. The lowest BCUT2D eigenvalue weighted by Crippen LogP contribution is -1.82. The first-order chi connectivity index (χ1) is 22.2. The van der Waals surface area contributed by atoms with Gasteiger partial charge in [-0.3, -0.25) is 0 Å². The Morgan fingerprint density at radius 3 is 1.49 bits per heavy atom. The molecule has 0 aliphatic rings. The molecule has 0 aliphatic heterocycles. The minimum Gasteiger partial charge on any atom is -0.456 e. The van der Waals surface area contributed by atoms with Crippen LogP contribution in [-0.4, -0.2) is 0 Å². The summed E-state index contributed by atoms with van der Waals surface area (Å²) < 4.78 is 11.6. The normalized spacial score (nSPS) is 12.0. The maximum atomic E-state index is 6.06. The summed E-state index contributed by atoms with van der Waals surface area (Å²) in [5.74, 6) is 0.899. The molecule has 10 aromatic rings. The lowest BCUT2D eigenvalue weighted by atomic mass is 9.97.